The molecular weight excluding hydrogens is 282 g/mol. The second-order valence-corrected chi connectivity index (χ2v) is 6.22. The highest BCUT2D eigenvalue weighted by molar-refractivity contribution is 5.92. The standard InChI is InChI=1S/C16H25N3O3/c1-4-18-9-6-13(17-18)15(20)19-10-8-16(22-3)7-5-12(21-2)11-14(16)19/h6,9,12,14H,4-5,7-8,10-11H2,1-3H3/t12-,14+,16-/m1/s1. The Bertz CT molecular complexity index is 544. The van der Waals surface area contributed by atoms with Crippen LogP contribution in [0.5, 0.6) is 0 Å². The van der Waals surface area contributed by atoms with Crippen LogP contribution in [-0.4, -0.2) is 59.1 Å². The van der Waals surface area contributed by atoms with Gasteiger partial charge in [0.2, 0.25) is 0 Å². The summed E-state index contributed by atoms with van der Waals surface area (Å²) in [6.07, 6.45) is 5.73. The molecule has 0 bridgehead atoms. The molecule has 1 saturated carbocycles. The third kappa shape index (κ3) is 2.44. The van der Waals surface area contributed by atoms with Crippen molar-refractivity contribution in [2.75, 3.05) is 20.8 Å². The van der Waals surface area contributed by atoms with Gasteiger partial charge >= 0.3 is 0 Å². The van der Waals surface area contributed by atoms with Gasteiger partial charge in [-0.1, -0.05) is 0 Å². The molecule has 0 spiro atoms. The van der Waals surface area contributed by atoms with Gasteiger partial charge in [0.15, 0.2) is 0 Å². The van der Waals surface area contributed by atoms with Crippen molar-refractivity contribution >= 4 is 5.91 Å². The van der Waals surface area contributed by atoms with Crippen LogP contribution < -0.4 is 0 Å². The molecule has 0 radical (unpaired) electrons. The van der Waals surface area contributed by atoms with E-state index in [1.165, 1.54) is 0 Å². The number of aromatic nitrogens is 2. The first-order valence-electron chi connectivity index (χ1n) is 8.06. The third-order valence-corrected chi connectivity index (χ3v) is 5.32. The van der Waals surface area contributed by atoms with Gasteiger partial charge in [-0.25, -0.2) is 0 Å². The Morgan fingerprint density at radius 1 is 1.45 bits per heavy atom. The van der Waals surface area contributed by atoms with Gasteiger partial charge in [-0.15, -0.1) is 0 Å². The summed E-state index contributed by atoms with van der Waals surface area (Å²) in [7, 11) is 3.51. The fourth-order valence-corrected chi connectivity index (χ4v) is 3.92. The number of carbonyl (C=O) groups is 1. The fourth-order valence-electron chi connectivity index (χ4n) is 3.92. The summed E-state index contributed by atoms with van der Waals surface area (Å²) in [6, 6.07) is 1.88. The van der Waals surface area contributed by atoms with Crippen LogP contribution in [0.3, 0.4) is 0 Å². The Kier molecular flexibility index (Phi) is 4.23. The van der Waals surface area contributed by atoms with Crippen LogP contribution in [0.15, 0.2) is 12.3 Å². The average Bonchev–Trinajstić information content (AvgIpc) is 3.18. The van der Waals surface area contributed by atoms with Crippen molar-refractivity contribution in [2.45, 2.75) is 56.9 Å². The van der Waals surface area contributed by atoms with E-state index in [1.807, 2.05) is 18.0 Å². The number of methoxy groups -OCH3 is 2. The number of amides is 1. The van der Waals surface area contributed by atoms with Crippen molar-refractivity contribution in [1.29, 1.82) is 0 Å². The first-order chi connectivity index (χ1) is 10.6. The molecule has 0 N–H and O–H groups in total. The number of rotatable bonds is 4. The third-order valence-electron chi connectivity index (χ3n) is 5.32. The zero-order valence-corrected chi connectivity index (χ0v) is 13.6. The van der Waals surface area contributed by atoms with Crippen LogP contribution in [0.1, 0.15) is 43.1 Å². The second-order valence-electron chi connectivity index (χ2n) is 6.22. The van der Waals surface area contributed by atoms with Gasteiger partial charge in [0, 0.05) is 33.5 Å². The minimum absolute atomic E-state index is 0.00729. The number of ether oxygens (including phenoxy) is 2. The summed E-state index contributed by atoms with van der Waals surface area (Å²) in [5.41, 5.74) is 0.311. The van der Waals surface area contributed by atoms with Crippen LogP contribution >= 0.6 is 0 Å². The van der Waals surface area contributed by atoms with E-state index in [0.717, 1.165) is 38.8 Å². The Hall–Kier alpha value is -1.40. The number of carbonyl (C=O) groups excluding carboxylic acids is 1. The molecule has 1 saturated heterocycles. The van der Waals surface area contributed by atoms with E-state index in [2.05, 4.69) is 5.10 Å². The average molecular weight is 307 g/mol. The SMILES string of the molecule is CCn1ccc(C(=O)N2CC[C@]3(OC)CC[C@@H](OC)C[C@H]23)n1. The predicted molar refractivity (Wildman–Crippen MR) is 81.7 cm³/mol. The zero-order chi connectivity index (χ0) is 15.7. The summed E-state index contributed by atoms with van der Waals surface area (Å²) < 4.78 is 13.2. The van der Waals surface area contributed by atoms with Crippen molar-refractivity contribution in [2.24, 2.45) is 0 Å². The van der Waals surface area contributed by atoms with Crippen LogP contribution in [-0.2, 0) is 16.0 Å². The molecule has 1 aliphatic carbocycles. The van der Waals surface area contributed by atoms with Crippen LogP contribution in [0.25, 0.3) is 0 Å². The molecule has 0 unspecified atom stereocenters. The quantitative estimate of drug-likeness (QED) is 0.849. The Morgan fingerprint density at radius 3 is 2.91 bits per heavy atom. The molecule has 0 aromatic carbocycles. The second kappa shape index (κ2) is 6.01. The summed E-state index contributed by atoms with van der Waals surface area (Å²) in [4.78, 5) is 14.8. The van der Waals surface area contributed by atoms with Gasteiger partial charge in [-0.2, -0.15) is 5.10 Å². The first kappa shape index (κ1) is 15.5. The summed E-state index contributed by atoms with van der Waals surface area (Å²) in [5, 5.41) is 4.35. The molecule has 22 heavy (non-hydrogen) atoms. The molecule has 1 aromatic rings. The van der Waals surface area contributed by atoms with E-state index in [9.17, 15) is 4.79 Å². The lowest BCUT2D eigenvalue weighted by Crippen LogP contribution is -2.53. The minimum Gasteiger partial charge on any atom is -0.381 e. The number of aryl methyl sites for hydroxylation is 1. The number of nitrogens with zero attached hydrogens (tertiary/aromatic N) is 3. The lowest BCUT2D eigenvalue weighted by molar-refractivity contribution is -0.0894. The highest BCUT2D eigenvalue weighted by Gasteiger charge is 2.52. The molecule has 122 valence electrons. The van der Waals surface area contributed by atoms with Crippen LogP contribution in [0.4, 0.5) is 0 Å². The van der Waals surface area contributed by atoms with E-state index in [-0.39, 0.29) is 23.7 Å². The molecule has 6 heteroatoms. The van der Waals surface area contributed by atoms with Gasteiger partial charge in [-0.05, 0) is 38.7 Å². The maximum atomic E-state index is 12.8. The molecule has 3 atom stereocenters. The summed E-state index contributed by atoms with van der Waals surface area (Å²) in [6.45, 7) is 3.51. The summed E-state index contributed by atoms with van der Waals surface area (Å²) in [5.74, 6) is 0.00729. The number of likely N-dealkylation sites (tertiary alicyclic amines) is 1. The molecule has 2 fully saturated rings. The molecule has 1 aliphatic heterocycles. The molecule has 6 nitrogen and oxygen atoms in total. The first-order valence-corrected chi connectivity index (χ1v) is 8.06. The molecular formula is C16H25N3O3. The van der Waals surface area contributed by atoms with E-state index in [0.29, 0.717) is 5.69 Å². The highest BCUT2D eigenvalue weighted by Crippen LogP contribution is 2.43. The number of hydrogen-bond acceptors (Lipinski definition) is 4. The summed E-state index contributed by atoms with van der Waals surface area (Å²) >= 11 is 0. The minimum atomic E-state index is -0.210. The molecule has 1 aromatic heterocycles. The van der Waals surface area contributed by atoms with E-state index >= 15 is 0 Å². The van der Waals surface area contributed by atoms with Crippen molar-refractivity contribution < 1.29 is 14.3 Å². The van der Waals surface area contributed by atoms with Crippen molar-refractivity contribution in [3.8, 4) is 0 Å². The molecule has 3 rings (SSSR count). The van der Waals surface area contributed by atoms with Gasteiger partial charge in [0.1, 0.15) is 5.69 Å². The van der Waals surface area contributed by atoms with Crippen LogP contribution in [0.2, 0.25) is 0 Å². The van der Waals surface area contributed by atoms with Gasteiger partial charge in [0.25, 0.3) is 5.91 Å². The van der Waals surface area contributed by atoms with Crippen molar-refractivity contribution in [3.05, 3.63) is 18.0 Å². The van der Waals surface area contributed by atoms with Gasteiger partial charge < -0.3 is 14.4 Å². The van der Waals surface area contributed by atoms with Crippen molar-refractivity contribution in [3.63, 3.8) is 0 Å². The molecule has 1 amide bonds. The number of fused-ring (bicyclic) bond motifs is 1. The molecule has 2 heterocycles. The fraction of sp³-hybridized carbons (Fsp3) is 0.750. The van der Waals surface area contributed by atoms with E-state index < -0.39 is 0 Å². The lowest BCUT2D eigenvalue weighted by Gasteiger charge is -2.43. The van der Waals surface area contributed by atoms with Crippen LogP contribution in [0, 0.1) is 0 Å². The van der Waals surface area contributed by atoms with Gasteiger partial charge in [0.05, 0.1) is 17.7 Å². The Morgan fingerprint density at radius 2 is 2.27 bits per heavy atom. The monoisotopic (exact) mass is 307 g/mol. The largest absolute Gasteiger partial charge is 0.381 e. The van der Waals surface area contributed by atoms with Crippen molar-refractivity contribution in [1.82, 2.24) is 14.7 Å². The zero-order valence-electron chi connectivity index (χ0n) is 13.6. The Labute approximate surface area is 131 Å². The van der Waals surface area contributed by atoms with Gasteiger partial charge in [-0.3, -0.25) is 9.48 Å². The topological polar surface area (TPSA) is 56.6 Å². The smallest absolute Gasteiger partial charge is 0.274 e. The maximum absolute atomic E-state index is 12.8. The lowest BCUT2D eigenvalue weighted by atomic mass is 9.79. The molecule has 2 aliphatic rings. The maximum Gasteiger partial charge on any atom is 0.274 e. The highest BCUT2D eigenvalue weighted by atomic mass is 16.5. The predicted octanol–water partition coefficient (Wildman–Crippen LogP) is 1.70. The normalized spacial score (nSPS) is 31.3. The number of hydrogen-bond donors (Lipinski definition) is 0. The Balaban J connectivity index is 1.82. The van der Waals surface area contributed by atoms with E-state index in [1.54, 1.807) is 25.0 Å². The van der Waals surface area contributed by atoms with E-state index in [4.69, 9.17) is 9.47 Å².